The number of rotatable bonds is 2. The van der Waals surface area contributed by atoms with E-state index in [1.165, 1.54) is 0 Å². The van der Waals surface area contributed by atoms with Gasteiger partial charge in [0.15, 0.2) is 0 Å². The van der Waals surface area contributed by atoms with Gasteiger partial charge in [-0.25, -0.2) is 0 Å². The van der Waals surface area contributed by atoms with Crippen LogP contribution < -0.4 is 0 Å². The number of nitrogens with zero attached hydrogens (tertiary/aromatic N) is 1. The van der Waals surface area contributed by atoms with Crippen LogP contribution in [-0.2, 0) is 12.8 Å². The van der Waals surface area contributed by atoms with Crippen molar-refractivity contribution in [3.63, 3.8) is 0 Å². The lowest BCUT2D eigenvalue weighted by Crippen LogP contribution is -2.14. The van der Waals surface area contributed by atoms with E-state index in [1.807, 2.05) is 0 Å². The van der Waals surface area contributed by atoms with Crippen molar-refractivity contribution in [3.8, 4) is 0 Å². The molecule has 0 N–H and O–H groups in total. The molecule has 18 heavy (non-hydrogen) atoms. The number of alkyl halides is 3. The minimum Gasteiger partial charge on any atom is -0.252 e. The van der Waals surface area contributed by atoms with Crippen LogP contribution in [0, 0.1) is 0 Å². The molecule has 0 radical (unpaired) electrons. The maximum atomic E-state index is 12.6. The van der Waals surface area contributed by atoms with Crippen molar-refractivity contribution >= 4 is 22.5 Å². The molecule has 0 amide bonds. The Labute approximate surface area is 108 Å². The highest BCUT2D eigenvalue weighted by atomic mass is 35.5. The van der Waals surface area contributed by atoms with Crippen LogP contribution in [0.1, 0.15) is 18.2 Å². The molecule has 0 unspecified atom stereocenters. The molecule has 0 atom stereocenters. The summed E-state index contributed by atoms with van der Waals surface area (Å²) in [6.45, 7) is 1.77. The molecule has 0 saturated heterocycles. The lowest BCUT2D eigenvalue weighted by atomic mass is 10.0. The molecule has 1 aromatic heterocycles. The zero-order valence-electron chi connectivity index (χ0n) is 9.68. The van der Waals surface area contributed by atoms with Gasteiger partial charge in [0.05, 0.1) is 17.0 Å². The molecule has 96 valence electrons. The van der Waals surface area contributed by atoms with Gasteiger partial charge in [0.25, 0.3) is 0 Å². The van der Waals surface area contributed by atoms with E-state index in [4.69, 9.17) is 11.6 Å². The van der Waals surface area contributed by atoms with Gasteiger partial charge in [0.1, 0.15) is 0 Å². The van der Waals surface area contributed by atoms with Gasteiger partial charge in [-0.15, -0.1) is 0 Å². The molecule has 2 aromatic rings. The van der Waals surface area contributed by atoms with Gasteiger partial charge in [0, 0.05) is 16.6 Å². The zero-order chi connectivity index (χ0) is 13.3. The van der Waals surface area contributed by atoms with Crippen LogP contribution in [0.25, 0.3) is 10.9 Å². The highest BCUT2D eigenvalue weighted by Gasteiger charge is 2.31. The minimum atomic E-state index is -4.28. The van der Waals surface area contributed by atoms with Crippen molar-refractivity contribution in [2.45, 2.75) is 25.9 Å². The predicted molar refractivity (Wildman–Crippen MR) is 65.9 cm³/mol. The molecular formula is C13H11ClF3N. The molecule has 0 aliphatic carbocycles. The Morgan fingerprint density at radius 2 is 1.89 bits per heavy atom. The third-order valence-corrected chi connectivity index (χ3v) is 3.15. The van der Waals surface area contributed by atoms with Gasteiger partial charge >= 0.3 is 6.18 Å². The van der Waals surface area contributed by atoms with Crippen LogP contribution in [0.4, 0.5) is 13.2 Å². The summed E-state index contributed by atoms with van der Waals surface area (Å²) in [5, 5.41) is 0.727. The molecule has 1 nitrogen and oxygen atoms in total. The first-order valence-electron chi connectivity index (χ1n) is 5.55. The lowest BCUT2D eigenvalue weighted by molar-refractivity contribution is -0.127. The Bertz CT molecular complexity index is 578. The number of para-hydroxylation sites is 1. The van der Waals surface area contributed by atoms with Crippen molar-refractivity contribution < 1.29 is 13.2 Å². The van der Waals surface area contributed by atoms with E-state index in [-0.39, 0.29) is 10.6 Å². The number of aromatic nitrogens is 1. The SMILES string of the molecule is CCc1nc2ccccc2c(Cl)c1CC(F)(F)F. The number of pyridine rings is 1. The van der Waals surface area contributed by atoms with Crippen molar-refractivity contribution in [3.05, 3.63) is 40.5 Å². The van der Waals surface area contributed by atoms with E-state index in [9.17, 15) is 13.2 Å². The van der Waals surface area contributed by atoms with E-state index in [1.54, 1.807) is 31.2 Å². The molecular weight excluding hydrogens is 263 g/mol. The van der Waals surface area contributed by atoms with E-state index in [0.717, 1.165) is 0 Å². The monoisotopic (exact) mass is 273 g/mol. The minimum absolute atomic E-state index is 0.0883. The fourth-order valence-corrected chi connectivity index (χ4v) is 2.27. The molecule has 0 fully saturated rings. The van der Waals surface area contributed by atoms with Gasteiger partial charge < -0.3 is 0 Å². The maximum Gasteiger partial charge on any atom is 0.393 e. The molecule has 5 heteroatoms. The molecule has 0 saturated carbocycles. The van der Waals surface area contributed by atoms with Gasteiger partial charge in [-0.2, -0.15) is 13.2 Å². The zero-order valence-corrected chi connectivity index (χ0v) is 10.4. The summed E-state index contributed by atoms with van der Waals surface area (Å²) in [6.07, 6.45) is -4.89. The number of fused-ring (bicyclic) bond motifs is 1. The summed E-state index contributed by atoms with van der Waals surface area (Å²) in [6, 6.07) is 6.95. The van der Waals surface area contributed by atoms with Crippen molar-refractivity contribution in [2.75, 3.05) is 0 Å². The predicted octanol–water partition coefficient (Wildman–Crippen LogP) is 4.56. The summed E-state index contributed by atoms with van der Waals surface area (Å²) in [7, 11) is 0. The Kier molecular flexibility index (Phi) is 3.48. The molecule has 0 aliphatic rings. The van der Waals surface area contributed by atoms with Crippen molar-refractivity contribution in [1.82, 2.24) is 4.98 Å². The third-order valence-electron chi connectivity index (χ3n) is 2.72. The second-order valence-corrected chi connectivity index (χ2v) is 4.39. The van der Waals surface area contributed by atoms with E-state index in [2.05, 4.69) is 4.98 Å². The summed E-state index contributed by atoms with van der Waals surface area (Å²) in [5.41, 5.74) is 1.13. The summed E-state index contributed by atoms with van der Waals surface area (Å²) in [5.74, 6) is 0. The summed E-state index contributed by atoms with van der Waals surface area (Å²) >= 11 is 6.09. The van der Waals surface area contributed by atoms with Gasteiger partial charge in [-0.1, -0.05) is 36.7 Å². The summed E-state index contributed by atoms with van der Waals surface area (Å²) < 4.78 is 37.7. The summed E-state index contributed by atoms with van der Waals surface area (Å²) in [4.78, 5) is 4.25. The Balaban J connectivity index is 2.66. The van der Waals surface area contributed by atoms with Crippen LogP contribution in [0.3, 0.4) is 0 Å². The van der Waals surface area contributed by atoms with Crippen LogP contribution in [0.5, 0.6) is 0 Å². The molecule has 1 aromatic carbocycles. The number of hydrogen-bond acceptors (Lipinski definition) is 1. The molecule has 0 aliphatic heterocycles. The fourth-order valence-electron chi connectivity index (χ4n) is 1.93. The Morgan fingerprint density at radius 3 is 2.50 bits per heavy atom. The standard InChI is InChI=1S/C13H11ClF3N/c1-2-10-9(7-13(15,16)17)12(14)8-5-3-4-6-11(8)18-10/h3-6H,2,7H2,1H3. The molecule has 1 heterocycles. The van der Waals surface area contributed by atoms with E-state index < -0.39 is 12.6 Å². The quantitative estimate of drug-likeness (QED) is 0.782. The first-order chi connectivity index (χ1) is 8.42. The molecule has 0 bridgehead atoms. The lowest BCUT2D eigenvalue weighted by Gasteiger charge is -2.14. The van der Waals surface area contributed by atoms with Crippen molar-refractivity contribution in [1.29, 1.82) is 0 Å². The van der Waals surface area contributed by atoms with Crippen LogP contribution in [0.15, 0.2) is 24.3 Å². The number of halogens is 4. The highest BCUT2D eigenvalue weighted by Crippen LogP contribution is 2.33. The first kappa shape index (κ1) is 13.1. The van der Waals surface area contributed by atoms with Crippen LogP contribution in [-0.4, -0.2) is 11.2 Å². The topological polar surface area (TPSA) is 12.9 Å². The average molecular weight is 274 g/mol. The highest BCUT2D eigenvalue weighted by molar-refractivity contribution is 6.36. The van der Waals surface area contributed by atoms with E-state index in [0.29, 0.717) is 23.0 Å². The first-order valence-corrected chi connectivity index (χ1v) is 5.93. The fraction of sp³-hybridized carbons (Fsp3) is 0.308. The second kappa shape index (κ2) is 4.76. The smallest absolute Gasteiger partial charge is 0.252 e. The van der Waals surface area contributed by atoms with Gasteiger partial charge in [0.2, 0.25) is 0 Å². The molecule has 0 spiro atoms. The largest absolute Gasteiger partial charge is 0.393 e. The van der Waals surface area contributed by atoms with Crippen LogP contribution in [0.2, 0.25) is 5.02 Å². The normalized spacial score (nSPS) is 12.1. The average Bonchev–Trinajstić information content (AvgIpc) is 2.31. The van der Waals surface area contributed by atoms with E-state index >= 15 is 0 Å². The van der Waals surface area contributed by atoms with Crippen molar-refractivity contribution in [2.24, 2.45) is 0 Å². The molecule has 2 rings (SSSR count). The van der Waals surface area contributed by atoms with Crippen LogP contribution >= 0.6 is 11.6 Å². The third kappa shape index (κ3) is 2.58. The Morgan fingerprint density at radius 1 is 1.22 bits per heavy atom. The Hall–Kier alpha value is -1.29. The van der Waals surface area contributed by atoms with Gasteiger partial charge in [-0.3, -0.25) is 4.98 Å². The maximum absolute atomic E-state index is 12.6. The van der Waals surface area contributed by atoms with Gasteiger partial charge in [-0.05, 0) is 12.5 Å². The number of hydrogen-bond donors (Lipinski definition) is 0. The number of aryl methyl sites for hydroxylation is 1. The number of benzene rings is 1. The second-order valence-electron chi connectivity index (χ2n) is 4.01.